The van der Waals surface area contributed by atoms with Crippen LogP contribution >= 0.6 is 0 Å². The highest BCUT2D eigenvalue weighted by molar-refractivity contribution is 5.66. The van der Waals surface area contributed by atoms with Crippen molar-refractivity contribution in [3.8, 4) is 6.07 Å². The maximum atomic E-state index is 10.4. The van der Waals surface area contributed by atoms with Crippen LogP contribution in [0, 0.1) is 11.3 Å². The van der Waals surface area contributed by atoms with Crippen LogP contribution in [0.1, 0.15) is 40.0 Å². The fourth-order valence-electron chi connectivity index (χ4n) is 1.66. The van der Waals surface area contributed by atoms with Gasteiger partial charge in [-0.15, -0.1) is 0 Å². The van der Waals surface area contributed by atoms with E-state index in [2.05, 4.69) is 24.8 Å². The summed E-state index contributed by atoms with van der Waals surface area (Å²) in [6, 6.07) is 2.68. The van der Waals surface area contributed by atoms with Crippen molar-refractivity contribution in [3.63, 3.8) is 0 Å². The number of aliphatic carboxylic acids is 1. The minimum atomic E-state index is -0.758. The van der Waals surface area contributed by atoms with Crippen molar-refractivity contribution in [2.75, 3.05) is 6.54 Å². The fourth-order valence-corrected chi connectivity index (χ4v) is 1.66. The lowest BCUT2D eigenvalue weighted by atomic mass is 10.1. The van der Waals surface area contributed by atoms with E-state index < -0.39 is 5.97 Å². The number of carboxylic acid groups (broad SMARTS) is 1. The van der Waals surface area contributed by atoms with Crippen molar-refractivity contribution in [3.05, 3.63) is 0 Å². The summed E-state index contributed by atoms with van der Waals surface area (Å²) >= 11 is 0. The number of carboxylic acids is 1. The second-order valence-electron chi connectivity index (χ2n) is 4.02. The molecule has 1 atom stereocenters. The normalized spacial score (nSPS) is 12.8. The fraction of sp³-hybridized carbons (Fsp3) is 0.818. The molecule has 0 aliphatic heterocycles. The zero-order valence-electron chi connectivity index (χ0n) is 9.73. The van der Waals surface area contributed by atoms with Gasteiger partial charge >= 0.3 is 5.97 Å². The molecule has 0 saturated heterocycles. The Balaban J connectivity index is 4.10. The molecule has 4 heteroatoms. The van der Waals surface area contributed by atoms with E-state index in [9.17, 15) is 4.79 Å². The number of hydrogen-bond donors (Lipinski definition) is 1. The Kier molecular flexibility index (Phi) is 6.72. The number of nitrogens with zero attached hydrogens (tertiary/aromatic N) is 2. The number of carbonyl (C=O) groups is 1. The van der Waals surface area contributed by atoms with Crippen molar-refractivity contribution in [2.24, 2.45) is 0 Å². The molecule has 0 fully saturated rings. The van der Waals surface area contributed by atoms with Crippen molar-refractivity contribution in [2.45, 2.75) is 52.1 Å². The second kappa shape index (κ2) is 7.24. The highest BCUT2D eigenvalue weighted by atomic mass is 16.4. The van der Waals surface area contributed by atoms with Gasteiger partial charge in [0.1, 0.15) is 0 Å². The molecule has 0 spiro atoms. The van der Waals surface area contributed by atoms with Gasteiger partial charge in [0.05, 0.1) is 6.07 Å². The molecule has 4 nitrogen and oxygen atoms in total. The monoisotopic (exact) mass is 212 g/mol. The van der Waals surface area contributed by atoms with Gasteiger partial charge in [0.15, 0.2) is 0 Å². The minimum Gasteiger partial charge on any atom is -0.481 e. The van der Waals surface area contributed by atoms with E-state index in [4.69, 9.17) is 10.4 Å². The molecule has 0 aromatic carbocycles. The summed E-state index contributed by atoms with van der Waals surface area (Å²) in [6.07, 6.45) is 1.32. The van der Waals surface area contributed by atoms with Crippen LogP contribution in [0.15, 0.2) is 0 Å². The van der Waals surface area contributed by atoms with E-state index in [0.717, 1.165) is 6.54 Å². The van der Waals surface area contributed by atoms with Crippen LogP contribution in [0.3, 0.4) is 0 Å². The molecule has 0 heterocycles. The van der Waals surface area contributed by atoms with Gasteiger partial charge in [0, 0.05) is 31.5 Å². The first kappa shape index (κ1) is 13.9. The molecule has 0 rings (SSSR count). The topological polar surface area (TPSA) is 64.3 Å². The molecule has 1 N–H and O–H groups in total. The van der Waals surface area contributed by atoms with Gasteiger partial charge in [0.2, 0.25) is 0 Å². The molecule has 0 radical (unpaired) electrons. The van der Waals surface area contributed by atoms with Crippen LogP contribution in [-0.2, 0) is 4.79 Å². The first-order chi connectivity index (χ1) is 6.99. The van der Waals surface area contributed by atoms with Crippen molar-refractivity contribution >= 4 is 5.97 Å². The van der Waals surface area contributed by atoms with Gasteiger partial charge in [-0.2, -0.15) is 5.26 Å². The van der Waals surface area contributed by atoms with E-state index in [1.54, 1.807) is 0 Å². The molecular formula is C11H20N2O2. The van der Waals surface area contributed by atoms with E-state index in [1.807, 2.05) is 6.92 Å². The van der Waals surface area contributed by atoms with Gasteiger partial charge < -0.3 is 5.11 Å². The Morgan fingerprint density at radius 3 is 2.47 bits per heavy atom. The van der Waals surface area contributed by atoms with Crippen LogP contribution < -0.4 is 0 Å². The minimum absolute atomic E-state index is 0.191. The Morgan fingerprint density at radius 1 is 1.47 bits per heavy atom. The van der Waals surface area contributed by atoms with Gasteiger partial charge in [0.25, 0.3) is 0 Å². The molecule has 15 heavy (non-hydrogen) atoms. The molecule has 0 aromatic heterocycles. The second-order valence-corrected chi connectivity index (χ2v) is 4.02. The molecule has 0 bridgehead atoms. The highest BCUT2D eigenvalue weighted by Gasteiger charge is 2.17. The lowest BCUT2D eigenvalue weighted by Gasteiger charge is -2.31. The average molecular weight is 212 g/mol. The third kappa shape index (κ3) is 6.08. The molecule has 0 aliphatic rings. The maximum Gasteiger partial charge on any atom is 0.303 e. The van der Waals surface area contributed by atoms with Gasteiger partial charge in [-0.25, -0.2) is 0 Å². The van der Waals surface area contributed by atoms with Crippen molar-refractivity contribution in [1.82, 2.24) is 4.90 Å². The summed E-state index contributed by atoms with van der Waals surface area (Å²) < 4.78 is 0. The van der Waals surface area contributed by atoms with Gasteiger partial charge in [-0.3, -0.25) is 9.69 Å². The molecule has 86 valence electrons. The predicted molar refractivity (Wildman–Crippen MR) is 58.4 cm³/mol. The average Bonchev–Trinajstić information content (AvgIpc) is 2.14. The van der Waals surface area contributed by atoms with E-state index in [0.29, 0.717) is 18.9 Å². The third-order valence-corrected chi connectivity index (χ3v) is 2.49. The Labute approximate surface area is 91.5 Å². The standard InChI is InChI=1S/C11H20N2O2/c1-9(2)13(8-4-7-12)10(3)5-6-11(14)15/h9-10H,4-6,8H2,1-3H3,(H,14,15). The van der Waals surface area contributed by atoms with E-state index in [-0.39, 0.29) is 12.5 Å². The molecule has 1 unspecified atom stereocenters. The zero-order valence-corrected chi connectivity index (χ0v) is 9.73. The third-order valence-electron chi connectivity index (χ3n) is 2.49. The van der Waals surface area contributed by atoms with Crippen LogP contribution in [0.25, 0.3) is 0 Å². The lowest BCUT2D eigenvalue weighted by molar-refractivity contribution is -0.137. The molecule has 0 aromatic rings. The maximum absolute atomic E-state index is 10.4. The number of nitriles is 1. The lowest BCUT2D eigenvalue weighted by Crippen LogP contribution is -2.39. The summed E-state index contributed by atoms with van der Waals surface area (Å²) in [7, 11) is 0. The first-order valence-corrected chi connectivity index (χ1v) is 5.33. The Hall–Kier alpha value is -1.08. The van der Waals surface area contributed by atoms with Crippen LogP contribution in [0.4, 0.5) is 0 Å². The number of rotatable bonds is 7. The highest BCUT2D eigenvalue weighted by Crippen LogP contribution is 2.11. The molecular weight excluding hydrogens is 192 g/mol. The summed E-state index contributed by atoms with van der Waals surface area (Å²) in [5.74, 6) is -0.758. The molecule has 0 saturated carbocycles. The molecule has 0 amide bonds. The Morgan fingerprint density at radius 2 is 2.07 bits per heavy atom. The summed E-state index contributed by atoms with van der Waals surface area (Å²) in [5.41, 5.74) is 0. The van der Waals surface area contributed by atoms with Crippen molar-refractivity contribution in [1.29, 1.82) is 5.26 Å². The predicted octanol–water partition coefficient (Wildman–Crippen LogP) is 1.86. The molecule has 0 aliphatic carbocycles. The van der Waals surface area contributed by atoms with Gasteiger partial charge in [-0.1, -0.05) is 0 Å². The summed E-state index contributed by atoms with van der Waals surface area (Å²) in [4.78, 5) is 12.6. The van der Waals surface area contributed by atoms with Gasteiger partial charge in [-0.05, 0) is 27.2 Å². The van der Waals surface area contributed by atoms with E-state index in [1.165, 1.54) is 0 Å². The first-order valence-electron chi connectivity index (χ1n) is 5.33. The largest absolute Gasteiger partial charge is 0.481 e. The van der Waals surface area contributed by atoms with Crippen LogP contribution in [0.5, 0.6) is 0 Å². The van der Waals surface area contributed by atoms with Crippen molar-refractivity contribution < 1.29 is 9.90 Å². The van der Waals surface area contributed by atoms with Crippen LogP contribution in [-0.4, -0.2) is 34.6 Å². The number of hydrogen-bond acceptors (Lipinski definition) is 3. The zero-order chi connectivity index (χ0) is 11.8. The quantitative estimate of drug-likeness (QED) is 0.699. The SMILES string of the molecule is CC(C)N(CCC#N)C(C)CCC(=O)O. The smallest absolute Gasteiger partial charge is 0.303 e. The Bertz CT molecular complexity index is 233. The summed E-state index contributed by atoms with van der Waals surface area (Å²) in [5, 5.41) is 17.1. The van der Waals surface area contributed by atoms with Crippen LogP contribution in [0.2, 0.25) is 0 Å². The summed E-state index contributed by atoms with van der Waals surface area (Å²) in [6.45, 7) is 6.86. The van der Waals surface area contributed by atoms with E-state index >= 15 is 0 Å².